The number of carbonyl (C=O) groups is 1. The number of rotatable bonds is 3. The second kappa shape index (κ2) is 5.16. The van der Waals surface area contributed by atoms with Gasteiger partial charge in [-0.2, -0.15) is 5.10 Å². The fraction of sp³-hybridized carbons (Fsp3) is 0.412. The monoisotopic (exact) mass is 296 g/mol. The van der Waals surface area contributed by atoms with Gasteiger partial charge in [-0.3, -0.25) is 9.48 Å². The Bertz CT molecular complexity index is 681. The van der Waals surface area contributed by atoms with E-state index in [0.717, 1.165) is 44.8 Å². The van der Waals surface area contributed by atoms with E-state index in [1.165, 1.54) is 5.56 Å². The van der Waals surface area contributed by atoms with Gasteiger partial charge in [0, 0.05) is 31.9 Å². The number of amides is 1. The number of benzene rings is 1. The first kappa shape index (κ1) is 13.4. The van der Waals surface area contributed by atoms with E-state index in [0.29, 0.717) is 0 Å². The van der Waals surface area contributed by atoms with E-state index < -0.39 is 0 Å². The maximum Gasteiger partial charge on any atom is 0.228 e. The lowest BCUT2D eigenvalue weighted by Crippen LogP contribution is -2.34. The normalized spacial score (nSPS) is 24.2. The van der Waals surface area contributed by atoms with E-state index in [4.69, 9.17) is 0 Å². The van der Waals surface area contributed by atoms with Crippen LogP contribution in [-0.2, 0) is 11.3 Å². The molecule has 1 aromatic carbocycles. The van der Waals surface area contributed by atoms with Crippen LogP contribution in [-0.4, -0.2) is 35.3 Å². The molecule has 1 N–H and O–H groups in total. The largest absolute Gasteiger partial charge is 0.356 e. The van der Waals surface area contributed by atoms with Gasteiger partial charge in [-0.25, -0.2) is 0 Å². The van der Waals surface area contributed by atoms with E-state index in [9.17, 15) is 4.79 Å². The zero-order valence-electron chi connectivity index (χ0n) is 12.5. The highest BCUT2D eigenvalue weighted by Crippen LogP contribution is 2.38. The molecule has 4 rings (SSSR count). The highest BCUT2D eigenvalue weighted by molar-refractivity contribution is 5.86. The molecular weight excluding hydrogens is 276 g/mol. The quantitative estimate of drug-likeness (QED) is 0.937. The molecule has 1 amide bonds. The van der Waals surface area contributed by atoms with Crippen molar-refractivity contribution in [2.24, 2.45) is 5.41 Å². The minimum absolute atomic E-state index is 0.177. The number of anilines is 1. The van der Waals surface area contributed by atoms with Gasteiger partial charge in [0.15, 0.2) is 5.82 Å². The molecule has 5 heteroatoms. The van der Waals surface area contributed by atoms with Crippen molar-refractivity contribution in [3.05, 3.63) is 48.2 Å². The minimum Gasteiger partial charge on any atom is -0.356 e. The molecule has 0 aliphatic carbocycles. The van der Waals surface area contributed by atoms with Gasteiger partial charge in [0.25, 0.3) is 0 Å². The van der Waals surface area contributed by atoms with E-state index in [1.54, 1.807) is 0 Å². The summed E-state index contributed by atoms with van der Waals surface area (Å²) in [5, 5.41) is 7.65. The fourth-order valence-corrected chi connectivity index (χ4v) is 3.55. The molecule has 0 bridgehead atoms. The van der Waals surface area contributed by atoms with Gasteiger partial charge in [0.2, 0.25) is 5.91 Å². The van der Waals surface area contributed by atoms with Crippen LogP contribution in [0.1, 0.15) is 18.4 Å². The van der Waals surface area contributed by atoms with E-state index in [1.807, 2.05) is 29.1 Å². The molecule has 2 aromatic rings. The van der Waals surface area contributed by atoms with Crippen LogP contribution in [0.4, 0.5) is 5.82 Å². The molecule has 2 saturated heterocycles. The van der Waals surface area contributed by atoms with Crippen molar-refractivity contribution in [3.63, 3.8) is 0 Å². The SMILES string of the molecule is O=C1NCCC12CCN(c1ccn(Cc3ccccc3)n1)C2. The summed E-state index contributed by atoms with van der Waals surface area (Å²) in [6.07, 6.45) is 3.90. The summed E-state index contributed by atoms with van der Waals surface area (Å²) in [6, 6.07) is 12.4. The fourth-order valence-electron chi connectivity index (χ4n) is 3.55. The second-order valence-electron chi connectivity index (χ2n) is 6.31. The second-order valence-corrected chi connectivity index (χ2v) is 6.31. The van der Waals surface area contributed by atoms with Crippen LogP contribution in [0.5, 0.6) is 0 Å². The van der Waals surface area contributed by atoms with Crippen molar-refractivity contribution in [3.8, 4) is 0 Å². The molecule has 3 heterocycles. The Kier molecular flexibility index (Phi) is 3.13. The van der Waals surface area contributed by atoms with Gasteiger partial charge < -0.3 is 10.2 Å². The van der Waals surface area contributed by atoms with Gasteiger partial charge in [-0.1, -0.05) is 30.3 Å². The minimum atomic E-state index is -0.177. The summed E-state index contributed by atoms with van der Waals surface area (Å²) in [6.45, 7) is 3.30. The number of aromatic nitrogens is 2. The third-order valence-corrected chi connectivity index (χ3v) is 4.86. The summed E-state index contributed by atoms with van der Waals surface area (Å²) >= 11 is 0. The summed E-state index contributed by atoms with van der Waals surface area (Å²) in [4.78, 5) is 14.3. The molecule has 0 saturated carbocycles. The maximum atomic E-state index is 12.1. The topological polar surface area (TPSA) is 50.2 Å². The molecule has 1 aromatic heterocycles. The Balaban J connectivity index is 1.47. The van der Waals surface area contributed by atoms with Crippen LogP contribution in [0, 0.1) is 5.41 Å². The van der Waals surface area contributed by atoms with Gasteiger partial charge in [-0.05, 0) is 18.4 Å². The van der Waals surface area contributed by atoms with E-state index >= 15 is 0 Å². The first-order chi connectivity index (χ1) is 10.8. The van der Waals surface area contributed by atoms with E-state index in [-0.39, 0.29) is 11.3 Å². The molecule has 0 radical (unpaired) electrons. The van der Waals surface area contributed by atoms with Crippen molar-refractivity contribution in [2.75, 3.05) is 24.5 Å². The number of hydrogen-bond donors (Lipinski definition) is 1. The van der Waals surface area contributed by atoms with Crippen molar-refractivity contribution in [1.29, 1.82) is 0 Å². The molecule has 5 nitrogen and oxygen atoms in total. The molecule has 114 valence electrons. The average Bonchev–Trinajstić information content (AvgIpc) is 3.23. The summed E-state index contributed by atoms with van der Waals surface area (Å²) in [7, 11) is 0. The highest BCUT2D eigenvalue weighted by atomic mass is 16.2. The Morgan fingerprint density at radius 2 is 2.05 bits per heavy atom. The molecule has 2 aliphatic heterocycles. The van der Waals surface area contributed by atoms with E-state index in [2.05, 4.69) is 33.5 Å². The summed E-state index contributed by atoms with van der Waals surface area (Å²) < 4.78 is 1.96. The predicted molar refractivity (Wildman–Crippen MR) is 84.7 cm³/mol. The third-order valence-electron chi connectivity index (χ3n) is 4.86. The molecule has 2 aliphatic rings. The Morgan fingerprint density at radius 1 is 1.18 bits per heavy atom. The summed E-state index contributed by atoms with van der Waals surface area (Å²) in [5.74, 6) is 1.20. The molecule has 1 spiro atoms. The number of nitrogens with zero attached hydrogens (tertiary/aromatic N) is 3. The average molecular weight is 296 g/mol. The molecule has 1 atom stereocenters. The van der Waals surface area contributed by atoms with Crippen molar-refractivity contribution < 1.29 is 4.79 Å². The van der Waals surface area contributed by atoms with Crippen molar-refractivity contribution in [1.82, 2.24) is 15.1 Å². The van der Waals surface area contributed by atoms with Gasteiger partial charge in [0.05, 0.1) is 12.0 Å². The third kappa shape index (κ3) is 2.26. The Labute approximate surface area is 129 Å². The molecular formula is C17H20N4O. The predicted octanol–water partition coefficient (Wildman–Crippen LogP) is 1.65. The standard InChI is InChI=1S/C17H20N4O/c22-16-17(7-9-18-16)8-11-20(13-17)15-6-10-21(19-15)12-14-4-2-1-3-5-14/h1-6,10H,7-9,11-13H2,(H,18,22). The van der Waals surface area contributed by atoms with Crippen LogP contribution in [0.15, 0.2) is 42.6 Å². The van der Waals surface area contributed by atoms with Crippen molar-refractivity contribution >= 4 is 11.7 Å². The van der Waals surface area contributed by atoms with Crippen LogP contribution < -0.4 is 10.2 Å². The summed E-state index contributed by atoms with van der Waals surface area (Å²) in [5.41, 5.74) is 1.06. The van der Waals surface area contributed by atoms with Crippen LogP contribution in [0.2, 0.25) is 0 Å². The lowest BCUT2D eigenvalue weighted by atomic mass is 9.86. The van der Waals surface area contributed by atoms with Crippen LogP contribution in [0.25, 0.3) is 0 Å². The zero-order valence-corrected chi connectivity index (χ0v) is 12.5. The first-order valence-corrected chi connectivity index (χ1v) is 7.86. The first-order valence-electron chi connectivity index (χ1n) is 7.86. The molecule has 22 heavy (non-hydrogen) atoms. The van der Waals surface area contributed by atoms with Crippen molar-refractivity contribution in [2.45, 2.75) is 19.4 Å². The number of nitrogens with one attached hydrogen (secondary N) is 1. The molecule has 1 unspecified atom stereocenters. The maximum absolute atomic E-state index is 12.1. The lowest BCUT2D eigenvalue weighted by Gasteiger charge is -2.20. The Morgan fingerprint density at radius 3 is 2.82 bits per heavy atom. The highest BCUT2D eigenvalue weighted by Gasteiger charge is 2.47. The number of hydrogen-bond acceptors (Lipinski definition) is 3. The molecule has 2 fully saturated rings. The zero-order chi connectivity index (χ0) is 15.0. The van der Waals surface area contributed by atoms with Gasteiger partial charge in [0.1, 0.15) is 0 Å². The van der Waals surface area contributed by atoms with Gasteiger partial charge >= 0.3 is 0 Å². The smallest absolute Gasteiger partial charge is 0.228 e. The number of carbonyl (C=O) groups excluding carboxylic acids is 1. The van der Waals surface area contributed by atoms with Gasteiger partial charge in [-0.15, -0.1) is 0 Å². The van der Waals surface area contributed by atoms with Crippen LogP contribution >= 0.6 is 0 Å². The van der Waals surface area contributed by atoms with Crippen LogP contribution in [0.3, 0.4) is 0 Å². The lowest BCUT2D eigenvalue weighted by molar-refractivity contribution is -0.126. The Hall–Kier alpha value is -2.30.